The maximum atomic E-state index is 6.53. The predicted octanol–water partition coefficient (Wildman–Crippen LogP) is 16.2. The molecular formula is C61H39N3O. The number of aryl methyl sites for hydroxylation is 1. The molecule has 0 unspecified atom stereocenters. The molecule has 10 aromatic carbocycles. The topological polar surface area (TPSA) is 51.8 Å². The average Bonchev–Trinajstić information content (AvgIpc) is 3.76. The van der Waals surface area contributed by atoms with Crippen molar-refractivity contribution in [2.45, 2.75) is 12.8 Å². The molecule has 0 saturated carbocycles. The van der Waals surface area contributed by atoms with Crippen molar-refractivity contribution >= 4 is 60.3 Å². The summed E-state index contributed by atoms with van der Waals surface area (Å²) in [5.74, 6) is 1.94. The van der Waals surface area contributed by atoms with Gasteiger partial charge in [-0.1, -0.05) is 164 Å². The molecule has 0 spiro atoms. The second kappa shape index (κ2) is 15.1. The molecule has 0 N–H and O–H groups in total. The van der Waals surface area contributed by atoms with Crippen molar-refractivity contribution in [1.82, 2.24) is 15.0 Å². The van der Waals surface area contributed by atoms with Crippen molar-refractivity contribution in [1.29, 1.82) is 0 Å². The lowest BCUT2D eigenvalue weighted by atomic mass is 9.85. The first-order chi connectivity index (χ1) is 32.2. The van der Waals surface area contributed by atoms with Crippen LogP contribution in [0.2, 0.25) is 0 Å². The molecule has 1 aliphatic carbocycles. The lowest BCUT2D eigenvalue weighted by Crippen LogP contribution is -2.00. The minimum atomic E-state index is 0.643. The first kappa shape index (κ1) is 37.1. The van der Waals surface area contributed by atoms with Crippen LogP contribution in [0.5, 0.6) is 0 Å². The number of hydrogen-bond donors (Lipinski definition) is 0. The maximum Gasteiger partial charge on any atom is 0.164 e. The Hall–Kier alpha value is -8.47. The van der Waals surface area contributed by atoms with Gasteiger partial charge in [-0.05, 0) is 138 Å². The van der Waals surface area contributed by atoms with Crippen LogP contribution in [-0.4, -0.2) is 15.0 Å². The summed E-state index contributed by atoms with van der Waals surface area (Å²) in [6.07, 6.45) is 6.83. The second-order valence-electron chi connectivity index (χ2n) is 17.1. The summed E-state index contributed by atoms with van der Waals surface area (Å²) in [5, 5.41) is 9.81. The summed E-state index contributed by atoms with van der Waals surface area (Å²) in [5.41, 5.74) is 14.4. The van der Waals surface area contributed by atoms with Crippen LogP contribution in [0.3, 0.4) is 0 Å². The van der Waals surface area contributed by atoms with Gasteiger partial charge in [0.05, 0.1) is 0 Å². The number of fused-ring (bicyclic) bond motifs is 10. The highest BCUT2D eigenvalue weighted by molar-refractivity contribution is 6.14. The molecule has 0 saturated heterocycles. The molecule has 304 valence electrons. The summed E-state index contributed by atoms with van der Waals surface area (Å²) in [7, 11) is 0. The van der Waals surface area contributed by atoms with E-state index >= 15 is 0 Å². The monoisotopic (exact) mass is 829 g/mol. The molecule has 0 amide bonds. The molecule has 65 heavy (non-hydrogen) atoms. The number of nitrogens with zero attached hydrogens (tertiary/aromatic N) is 3. The highest BCUT2D eigenvalue weighted by atomic mass is 16.3. The van der Waals surface area contributed by atoms with Crippen molar-refractivity contribution < 1.29 is 4.42 Å². The van der Waals surface area contributed by atoms with E-state index in [-0.39, 0.29) is 0 Å². The Morgan fingerprint density at radius 3 is 1.57 bits per heavy atom. The van der Waals surface area contributed by atoms with Crippen molar-refractivity contribution in [2.75, 3.05) is 0 Å². The Kier molecular flexibility index (Phi) is 8.63. The zero-order valence-electron chi connectivity index (χ0n) is 35.4. The molecule has 12 aromatic rings. The minimum Gasteiger partial charge on any atom is -0.456 e. The zero-order chi connectivity index (χ0) is 42.8. The molecule has 13 rings (SSSR count). The van der Waals surface area contributed by atoms with Gasteiger partial charge in [-0.2, -0.15) is 0 Å². The van der Waals surface area contributed by atoms with Crippen molar-refractivity contribution in [2.24, 2.45) is 0 Å². The first-order valence-corrected chi connectivity index (χ1v) is 22.3. The first-order valence-electron chi connectivity index (χ1n) is 22.3. The van der Waals surface area contributed by atoms with Crippen LogP contribution in [0.25, 0.3) is 128 Å². The molecule has 1 aliphatic rings. The van der Waals surface area contributed by atoms with E-state index in [0.717, 1.165) is 78.9 Å². The summed E-state index contributed by atoms with van der Waals surface area (Å²) in [4.78, 5) is 14.8. The Morgan fingerprint density at radius 2 is 0.846 bits per heavy atom. The summed E-state index contributed by atoms with van der Waals surface area (Å²) < 4.78 is 6.53. The van der Waals surface area contributed by atoms with E-state index in [4.69, 9.17) is 19.4 Å². The Labute approximate surface area is 375 Å². The summed E-state index contributed by atoms with van der Waals surface area (Å²) in [6.45, 7) is 0. The molecule has 0 fully saturated rings. The lowest BCUT2D eigenvalue weighted by molar-refractivity contribution is 0.669. The normalized spacial score (nSPS) is 12.4. The molecular weight excluding hydrogens is 791 g/mol. The largest absolute Gasteiger partial charge is 0.456 e. The zero-order valence-corrected chi connectivity index (χ0v) is 35.4. The van der Waals surface area contributed by atoms with Crippen LogP contribution in [-0.2, 0) is 6.42 Å². The van der Waals surface area contributed by atoms with Crippen LogP contribution >= 0.6 is 0 Å². The highest BCUT2D eigenvalue weighted by Crippen LogP contribution is 2.40. The van der Waals surface area contributed by atoms with E-state index < -0.39 is 0 Å². The molecule has 2 heterocycles. The van der Waals surface area contributed by atoms with Gasteiger partial charge in [-0.15, -0.1) is 0 Å². The van der Waals surface area contributed by atoms with Crippen LogP contribution in [0.4, 0.5) is 0 Å². The third kappa shape index (κ3) is 6.49. The van der Waals surface area contributed by atoms with Gasteiger partial charge in [-0.3, -0.25) is 0 Å². The molecule has 0 bridgehead atoms. The number of rotatable bonds is 6. The van der Waals surface area contributed by atoms with Crippen LogP contribution in [0.15, 0.2) is 211 Å². The van der Waals surface area contributed by atoms with Gasteiger partial charge in [0.2, 0.25) is 0 Å². The van der Waals surface area contributed by atoms with Gasteiger partial charge in [0.1, 0.15) is 11.2 Å². The fourth-order valence-electron chi connectivity index (χ4n) is 9.88. The smallest absolute Gasteiger partial charge is 0.164 e. The van der Waals surface area contributed by atoms with Crippen LogP contribution < -0.4 is 0 Å². The Balaban J connectivity index is 0.813. The minimum absolute atomic E-state index is 0.643. The average molecular weight is 830 g/mol. The fourth-order valence-corrected chi connectivity index (χ4v) is 9.88. The molecule has 4 heteroatoms. The number of aromatic nitrogens is 3. The van der Waals surface area contributed by atoms with Gasteiger partial charge in [0.15, 0.2) is 17.5 Å². The van der Waals surface area contributed by atoms with Crippen molar-refractivity contribution in [3.8, 4) is 67.5 Å². The van der Waals surface area contributed by atoms with Crippen molar-refractivity contribution in [3.63, 3.8) is 0 Å². The van der Waals surface area contributed by atoms with Crippen LogP contribution in [0, 0.1) is 0 Å². The van der Waals surface area contributed by atoms with E-state index in [1.54, 1.807) is 0 Å². The third-order valence-corrected chi connectivity index (χ3v) is 13.2. The predicted molar refractivity (Wildman–Crippen MR) is 270 cm³/mol. The quantitative estimate of drug-likeness (QED) is 0.157. The SMILES string of the molecule is C1=Cc2c(c3ccccc3c3cc(-c4cccc(-c5ccc6oc7cc(-c8ccc9cc(-c%10nc(-c%11ccccc%11)nc(-c%11ccccc%11)n%10)ccc9c8)ccc7c6c5)c4)ccc23)CC1. The van der Waals surface area contributed by atoms with Gasteiger partial charge < -0.3 is 4.42 Å². The van der Waals surface area contributed by atoms with E-state index in [2.05, 4.69) is 152 Å². The molecule has 0 radical (unpaired) electrons. The van der Waals surface area contributed by atoms with Gasteiger partial charge >= 0.3 is 0 Å². The van der Waals surface area contributed by atoms with Crippen LogP contribution in [0.1, 0.15) is 17.5 Å². The number of furan rings is 1. The van der Waals surface area contributed by atoms with E-state index in [9.17, 15) is 0 Å². The van der Waals surface area contributed by atoms with Crippen molar-refractivity contribution in [3.05, 3.63) is 217 Å². The second-order valence-corrected chi connectivity index (χ2v) is 17.1. The van der Waals surface area contributed by atoms with Gasteiger partial charge in [0, 0.05) is 27.5 Å². The van der Waals surface area contributed by atoms with E-state index in [1.807, 2.05) is 60.7 Å². The third-order valence-electron chi connectivity index (χ3n) is 13.2. The lowest BCUT2D eigenvalue weighted by Gasteiger charge is -2.18. The number of allylic oxidation sites excluding steroid dienone is 1. The standard InChI is InChI=1S/C61H39N3O/c1-3-12-38(13-4-1)59-62-60(39-14-5-2-6-15-39)64-61(63-59)48-25-24-42-33-43(22-23-44(42)34-48)47-27-30-54-56-36-46(28-31-57(56)65-58(54)37-47)41-17-11-16-40(32-41)45-26-29-53-51-20-8-7-18-49(51)50-19-9-10-21-52(50)55(53)35-45/h1-6,8-17,19-37H,7,18H2. The molecule has 2 aromatic heterocycles. The highest BCUT2D eigenvalue weighted by Gasteiger charge is 2.17. The number of benzene rings is 10. The Morgan fingerprint density at radius 1 is 0.323 bits per heavy atom. The molecule has 4 nitrogen and oxygen atoms in total. The Bertz CT molecular complexity index is 3830. The number of hydrogen-bond acceptors (Lipinski definition) is 4. The summed E-state index contributed by atoms with van der Waals surface area (Å²) in [6, 6.07) is 71.2. The van der Waals surface area contributed by atoms with Gasteiger partial charge in [0.25, 0.3) is 0 Å². The molecule has 0 atom stereocenters. The summed E-state index contributed by atoms with van der Waals surface area (Å²) >= 11 is 0. The maximum absolute atomic E-state index is 6.53. The molecule has 0 aliphatic heterocycles. The fraction of sp³-hybridized carbons (Fsp3) is 0.0328. The van der Waals surface area contributed by atoms with E-state index in [1.165, 1.54) is 49.4 Å². The van der Waals surface area contributed by atoms with Gasteiger partial charge in [-0.25, -0.2) is 15.0 Å². The van der Waals surface area contributed by atoms with E-state index in [0.29, 0.717) is 17.5 Å².